The number of hydrogen-bond acceptors (Lipinski definition) is 4. The summed E-state index contributed by atoms with van der Waals surface area (Å²) in [5.41, 5.74) is -0.494. The predicted octanol–water partition coefficient (Wildman–Crippen LogP) is 0.992. The summed E-state index contributed by atoms with van der Waals surface area (Å²) in [6.45, 7) is 3.64. The molecule has 0 aliphatic carbocycles. The van der Waals surface area contributed by atoms with Crippen LogP contribution in [0.5, 0.6) is 5.75 Å². The standard InChI is InChI=1S/C12H19NO4S/c1-12(2,9-14)8-13-18(15,16)11-6-4-5-10(7-11)17-3/h4-7,13-14H,8-9H2,1-3H3. The fourth-order valence-corrected chi connectivity index (χ4v) is 2.47. The molecule has 0 aromatic heterocycles. The summed E-state index contributed by atoms with van der Waals surface area (Å²) >= 11 is 0. The molecule has 0 bridgehead atoms. The van der Waals surface area contributed by atoms with Crippen molar-refractivity contribution in [2.75, 3.05) is 20.3 Å². The van der Waals surface area contributed by atoms with Gasteiger partial charge in [0.2, 0.25) is 10.0 Å². The number of ether oxygens (including phenoxy) is 1. The van der Waals surface area contributed by atoms with Gasteiger partial charge in [-0.3, -0.25) is 0 Å². The number of hydrogen-bond donors (Lipinski definition) is 2. The maximum atomic E-state index is 12.0. The number of benzene rings is 1. The van der Waals surface area contributed by atoms with Crippen molar-refractivity contribution in [3.05, 3.63) is 24.3 Å². The topological polar surface area (TPSA) is 75.6 Å². The molecular formula is C12H19NO4S. The first kappa shape index (κ1) is 14.9. The van der Waals surface area contributed by atoms with E-state index in [1.54, 1.807) is 26.0 Å². The van der Waals surface area contributed by atoms with Crippen LogP contribution in [0.3, 0.4) is 0 Å². The third kappa shape index (κ3) is 3.97. The molecule has 0 heterocycles. The van der Waals surface area contributed by atoms with Crippen LogP contribution in [-0.4, -0.2) is 33.8 Å². The van der Waals surface area contributed by atoms with E-state index in [-0.39, 0.29) is 18.0 Å². The molecule has 0 saturated carbocycles. The Kier molecular flexibility index (Phi) is 4.72. The summed E-state index contributed by atoms with van der Waals surface area (Å²) in [4.78, 5) is 0.149. The van der Waals surface area contributed by atoms with Gasteiger partial charge in [0.25, 0.3) is 0 Å². The van der Waals surface area contributed by atoms with Crippen molar-refractivity contribution in [1.29, 1.82) is 0 Å². The molecule has 0 aliphatic heterocycles. The lowest BCUT2D eigenvalue weighted by atomic mass is 9.96. The zero-order valence-electron chi connectivity index (χ0n) is 10.8. The van der Waals surface area contributed by atoms with Crippen molar-refractivity contribution in [1.82, 2.24) is 4.72 Å². The summed E-state index contributed by atoms with van der Waals surface area (Å²) in [5, 5.41) is 9.09. The highest BCUT2D eigenvalue weighted by Gasteiger charge is 2.21. The highest BCUT2D eigenvalue weighted by atomic mass is 32.2. The highest BCUT2D eigenvalue weighted by molar-refractivity contribution is 7.89. The van der Waals surface area contributed by atoms with Gasteiger partial charge in [0.15, 0.2) is 0 Å². The second-order valence-corrected chi connectivity index (χ2v) is 6.59. The second kappa shape index (κ2) is 5.69. The quantitative estimate of drug-likeness (QED) is 0.810. The Morgan fingerprint density at radius 2 is 2.06 bits per heavy atom. The van der Waals surface area contributed by atoms with Crippen LogP contribution in [0.25, 0.3) is 0 Å². The Hall–Kier alpha value is -1.11. The van der Waals surface area contributed by atoms with Crippen LogP contribution >= 0.6 is 0 Å². The summed E-state index contributed by atoms with van der Waals surface area (Å²) in [6.07, 6.45) is 0. The van der Waals surface area contributed by atoms with Crippen LogP contribution < -0.4 is 9.46 Å². The summed E-state index contributed by atoms with van der Waals surface area (Å²) in [6, 6.07) is 6.24. The largest absolute Gasteiger partial charge is 0.497 e. The minimum absolute atomic E-state index is 0.0897. The van der Waals surface area contributed by atoms with Gasteiger partial charge < -0.3 is 9.84 Å². The number of methoxy groups -OCH3 is 1. The van der Waals surface area contributed by atoms with Gasteiger partial charge >= 0.3 is 0 Å². The first-order valence-electron chi connectivity index (χ1n) is 5.55. The van der Waals surface area contributed by atoms with E-state index in [1.165, 1.54) is 19.2 Å². The van der Waals surface area contributed by atoms with Crippen molar-refractivity contribution in [3.63, 3.8) is 0 Å². The maximum absolute atomic E-state index is 12.0. The zero-order valence-corrected chi connectivity index (χ0v) is 11.6. The van der Waals surface area contributed by atoms with Gasteiger partial charge in [0.05, 0.1) is 12.0 Å². The van der Waals surface area contributed by atoms with Crippen molar-refractivity contribution in [3.8, 4) is 5.75 Å². The first-order valence-corrected chi connectivity index (χ1v) is 7.04. The van der Waals surface area contributed by atoms with E-state index in [4.69, 9.17) is 9.84 Å². The average molecular weight is 273 g/mol. The number of rotatable bonds is 6. The minimum Gasteiger partial charge on any atom is -0.497 e. The molecule has 0 spiro atoms. The third-order valence-electron chi connectivity index (χ3n) is 2.52. The minimum atomic E-state index is -3.58. The molecule has 0 unspecified atom stereocenters. The Labute approximate surface area is 108 Å². The van der Waals surface area contributed by atoms with E-state index < -0.39 is 15.4 Å². The van der Waals surface area contributed by atoms with E-state index in [0.717, 1.165) is 0 Å². The molecule has 2 N–H and O–H groups in total. The van der Waals surface area contributed by atoms with Gasteiger partial charge in [-0.15, -0.1) is 0 Å². The summed E-state index contributed by atoms with van der Waals surface area (Å²) in [7, 11) is -2.10. The molecule has 0 atom stereocenters. The van der Waals surface area contributed by atoms with Crippen LogP contribution in [0, 0.1) is 5.41 Å². The van der Waals surface area contributed by atoms with Gasteiger partial charge in [-0.1, -0.05) is 19.9 Å². The Morgan fingerprint density at radius 3 is 2.61 bits per heavy atom. The third-order valence-corrected chi connectivity index (χ3v) is 3.92. The van der Waals surface area contributed by atoms with Crippen molar-refractivity contribution in [2.45, 2.75) is 18.7 Å². The molecule has 0 saturated heterocycles. The van der Waals surface area contributed by atoms with E-state index in [9.17, 15) is 8.42 Å². The van der Waals surface area contributed by atoms with E-state index in [2.05, 4.69) is 4.72 Å². The van der Waals surface area contributed by atoms with Gasteiger partial charge in [-0.25, -0.2) is 13.1 Å². The van der Waals surface area contributed by atoms with E-state index >= 15 is 0 Å². The molecule has 6 heteroatoms. The molecule has 1 aromatic carbocycles. The lowest BCUT2D eigenvalue weighted by molar-refractivity contribution is 0.163. The fourth-order valence-electron chi connectivity index (χ4n) is 1.20. The second-order valence-electron chi connectivity index (χ2n) is 4.83. The van der Waals surface area contributed by atoms with Crippen LogP contribution in [0.1, 0.15) is 13.8 Å². The molecule has 18 heavy (non-hydrogen) atoms. The molecule has 5 nitrogen and oxygen atoms in total. The number of sulfonamides is 1. The van der Waals surface area contributed by atoms with Crippen molar-refractivity contribution >= 4 is 10.0 Å². The SMILES string of the molecule is COc1cccc(S(=O)(=O)NCC(C)(C)CO)c1. The van der Waals surface area contributed by atoms with E-state index in [1.807, 2.05) is 0 Å². The van der Waals surface area contributed by atoms with Crippen molar-refractivity contribution in [2.24, 2.45) is 5.41 Å². The molecule has 0 aliphatic rings. The Bertz CT molecular complexity index is 497. The lowest BCUT2D eigenvalue weighted by Crippen LogP contribution is -2.36. The van der Waals surface area contributed by atoms with Gasteiger partial charge in [-0.2, -0.15) is 0 Å². The fraction of sp³-hybridized carbons (Fsp3) is 0.500. The van der Waals surface area contributed by atoms with Crippen LogP contribution in [0.15, 0.2) is 29.2 Å². The number of nitrogens with one attached hydrogen (secondary N) is 1. The monoisotopic (exact) mass is 273 g/mol. The first-order chi connectivity index (χ1) is 8.30. The van der Waals surface area contributed by atoms with Gasteiger partial charge in [0.1, 0.15) is 5.75 Å². The molecular weight excluding hydrogens is 254 g/mol. The summed E-state index contributed by atoms with van der Waals surface area (Å²) in [5.74, 6) is 0.485. The van der Waals surface area contributed by atoms with Crippen LogP contribution in [0.4, 0.5) is 0 Å². The molecule has 0 radical (unpaired) electrons. The number of aliphatic hydroxyl groups is 1. The lowest BCUT2D eigenvalue weighted by Gasteiger charge is -2.21. The van der Waals surface area contributed by atoms with Crippen LogP contribution in [0.2, 0.25) is 0 Å². The molecule has 1 aromatic rings. The smallest absolute Gasteiger partial charge is 0.240 e. The molecule has 0 fully saturated rings. The number of aliphatic hydroxyl groups excluding tert-OH is 1. The van der Waals surface area contributed by atoms with Gasteiger partial charge in [0, 0.05) is 24.6 Å². The normalized spacial score (nSPS) is 12.4. The van der Waals surface area contributed by atoms with Gasteiger partial charge in [-0.05, 0) is 12.1 Å². The summed E-state index contributed by atoms with van der Waals surface area (Å²) < 4.78 is 31.5. The Balaban J connectivity index is 2.86. The highest BCUT2D eigenvalue weighted by Crippen LogP contribution is 2.18. The maximum Gasteiger partial charge on any atom is 0.240 e. The molecule has 1 rings (SSSR count). The average Bonchev–Trinajstić information content (AvgIpc) is 2.37. The van der Waals surface area contributed by atoms with Crippen LogP contribution in [-0.2, 0) is 10.0 Å². The predicted molar refractivity (Wildman–Crippen MR) is 69.0 cm³/mol. The van der Waals surface area contributed by atoms with Crippen molar-refractivity contribution < 1.29 is 18.3 Å². The van der Waals surface area contributed by atoms with E-state index in [0.29, 0.717) is 5.75 Å². The Morgan fingerprint density at radius 1 is 1.39 bits per heavy atom. The molecule has 0 amide bonds. The zero-order chi connectivity index (χ0) is 13.8. The molecule has 102 valence electrons.